The number of aliphatic hydroxyl groups excluding tert-OH is 1. The minimum absolute atomic E-state index is 0.0649. The van der Waals surface area contributed by atoms with E-state index in [9.17, 15) is 5.11 Å². The molecule has 1 N–H and O–H groups in total. The van der Waals surface area contributed by atoms with Gasteiger partial charge in [-0.3, -0.25) is 0 Å². The summed E-state index contributed by atoms with van der Waals surface area (Å²) >= 11 is 0. The lowest BCUT2D eigenvalue weighted by Gasteiger charge is -2.18. The van der Waals surface area contributed by atoms with E-state index in [4.69, 9.17) is 0 Å². The fourth-order valence-corrected chi connectivity index (χ4v) is 1.56. The molecule has 2 nitrogen and oxygen atoms in total. The topological polar surface area (TPSA) is 23.5 Å². The first-order valence-corrected chi connectivity index (χ1v) is 4.07. The van der Waals surface area contributed by atoms with Crippen molar-refractivity contribution in [3.63, 3.8) is 0 Å². The van der Waals surface area contributed by atoms with Crippen LogP contribution < -0.4 is 0 Å². The van der Waals surface area contributed by atoms with Gasteiger partial charge in [0.2, 0.25) is 0 Å². The number of aliphatic hydroxyl groups is 1. The van der Waals surface area contributed by atoms with Crippen LogP contribution in [0.4, 0.5) is 0 Å². The molecule has 2 heteroatoms. The van der Waals surface area contributed by atoms with Gasteiger partial charge in [0.15, 0.2) is 0 Å². The highest BCUT2D eigenvalue weighted by Crippen LogP contribution is 2.14. The van der Waals surface area contributed by atoms with E-state index in [0.717, 1.165) is 25.9 Å². The van der Waals surface area contributed by atoms with Gasteiger partial charge in [-0.1, -0.05) is 6.92 Å². The number of rotatable bonds is 0. The predicted octanol–water partition coefficient (Wildman–Crippen LogP) is 0.709. The molecular formula is C8H17NO. The first-order valence-electron chi connectivity index (χ1n) is 4.07. The summed E-state index contributed by atoms with van der Waals surface area (Å²) < 4.78 is 0. The van der Waals surface area contributed by atoms with Gasteiger partial charge in [0.25, 0.3) is 0 Å². The first kappa shape index (κ1) is 8.02. The molecule has 0 saturated carbocycles. The third-order valence-electron chi connectivity index (χ3n) is 2.30. The van der Waals surface area contributed by atoms with E-state index in [2.05, 4.69) is 18.9 Å². The molecule has 0 unspecified atom stereocenters. The second kappa shape index (κ2) is 3.35. The highest BCUT2D eigenvalue weighted by molar-refractivity contribution is 4.72. The second-order valence-corrected chi connectivity index (χ2v) is 3.45. The molecule has 0 spiro atoms. The summed E-state index contributed by atoms with van der Waals surface area (Å²) in [5.74, 6) is 0.451. The van der Waals surface area contributed by atoms with Crippen LogP contribution in [0.5, 0.6) is 0 Å². The Bertz CT molecular complexity index is 105. The van der Waals surface area contributed by atoms with Gasteiger partial charge in [-0.25, -0.2) is 0 Å². The number of nitrogens with zero attached hydrogens (tertiary/aromatic N) is 1. The quantitative estimate of drug-likeness (QED) is 0.540. The molecular weight excluding hydrogens is 126 g/mol. The van der Waals surface area contributed by atoms with Crippen LogP contribution in [0.3, 0.4) is 0 Å². The zero-order chi connectivity index (χ0) is 7.56. The third-order valence-corrected chi connectivity index (χ3v) is 2.30. The minimum atomic E-state index is -0.0649. The monoisotopic (exact) mass is 143 g/mol. The van der Waals surface area contributed by atoms with Crippen LogP contribution >= 0.6 is 0 Å². The van der Waals surface area contributed by atoms with Gasteiger partial charge in [-0.05, 0) is 32.4 Å². The van der Waals surface area contributed by atoms with E-state index in [1.54, 1.807) is 0 Å². The summed E-state index contributed by atoms with van der Waals surface area (Å²) in [6.45, 7) is 4.30. The first-order chi connectivity index (χ1) is 4.70. The summed E-state index contributed by atoms with van der Waals surface area (Å²) in [6, 6.07) is 0. The van der Waals surface area contributed by atoms with Crippen LogP contribution in [0, 0.1) is 5.92 Å². The van der Waals surface area contributed by atoms with Crippen LogP contribution in [0.2, 0.25) is 0 Å². The van der Waals surface area contributed by atoms with Crippen molar-refractivity contribution in [3.05, 3.63) is 0 Å². The normalized spacial score (nSPS) is 37.5. The minimum Gasteiger partial charge on any atom is -0.393 e. The van der Waals surface area contributed by atoms with Crippen LogP contribution in [0.25, 0.3) is 0 Å². The van der Waals surface area contributed by atoms with Gasteiger partial charge in [-0.15, -0.1) is 0 Å². The van der Waals surface area contributed by atoms with Crippen molar-refractivity contribution in [1.29, 1.82) is 0 Å². The fraction of sp³-hybridized carbons (Fsp3) is 1.00. The van der Waals surface area contributed by atoms with E-state index in [-0.39, 0.29) is 6.10 Å². The summed E-state index contributed by atoms with van der Waals surface area (Å²) in [4.78, 5) is 2.29. The summed E-state index contributed by atoms with van der Waals surface area (Å²) in [5.41, 5.74) is 0. The molecule has 60 valence electrons. The Labute approximate surface area is 62.8 Å². The zero-order valence-electron chi connectivity index (χ0n) is 6.88. The van der Waals surface area contributed by atoms with E-state index < -0.39 is 0 Å². The lowest BCUT2D eigenvalue weighted by atomic mass is 10.0. The van der Waals surface area contributed by atoms with E-state index >= 15 is 0 Å². The van der Waals surface area contributed by atoms with Gasteiger partial charge in [0.05, 0.1) is 6.10 Å². The Kier molecular flexibility index (Phi) is 2.69. The molecule has 1 aliphatic rings. The molecule has 1 aliphatic heterocycles. The molecule has 0 aromatic heterocycles. The van der Waals surface area contributed by atoms with Crippen molar-refractivity contribution in [3.8, 4) is 0 Å². The molecule has 0 aliphatic carbocycles. The molecule has 0 aromatic rings. The molecule has 1 rings (SSSR count). The van der Waals surface area contributed by atoms with E-state index in [1.165, 1.54) is 0 Å². The smallest absolute Gasteiger partial charge is 0.0578 e. The van der Waals surface area contributed by atoms with Gasteiger partial charge >= 0.3 is 0 Å². The lowest BCUT2D eigenvalue weighted by molar-refractivity contribution is 0.107. The third kappa shape index (κ3) is 1.96. The Morgan fingerprint density at radius 2 is 2.20 bits per heavy atom. The second-order valence-electron chi connectivity index (χ2n) is 3.45. The van der Waals surface area contributed by atoms with Crippen molar-refractivity contribution >= 4 is 0 Å². The van der Waals surface area contributed by atoms with Gasteiger partial charge in [-0.2, -0.15) is 0 Å². The van der Waals surface area contributed by atoms with Crippen LogP contribution in [0.15, 0.2) is 0 Å². The van der Waals surface area contributed by atoms with Gasteiger partial charge in [0.1, 0.15) is 0 Å². The maximum atomic E-state index is 9.45. The van der Waals surface area contributed by atoms with Crippen LogP contribution in [-0.2, 0) is 0 Å². The summed E-state index contributed by atoms with van der Waals surface area (Å²) in [5, 5.41) is 9.45. The Hall–Kier alpha value is -0.0800. The zero-order valence-corrected chi connectivity index (χ0v) is 6.88. The Morgan fingerprint density at radius 1 is 1.50 bits per heavy atom. The van der Waals surface area contributed by atoms with Gasteiger partial charge < -0.3 is 10.0 Å². The molecule has 2 atom stereocenters. The predicted molar refractivity (Wildman–Crippen MR) is 41.9 cm³/mol. The van der Waals surface area contributed by atoms with E-state index in [1.807, 2.05) is 0 Å². The van der Waals surface area contributed by atoms with E-state index in [0.29, 0.717) is 5.92 Å². The maximum Gasteiger partial charge on any atom is 0.0578 e. The average molecular weight is 143 g/mol. The number of hydrogen-bond donors (Lipinski definition) is 1. The molecule has 0 amide bonds. The Balaban J connectivity index is 2.41. The van der Waals surface area contributed by atoms with Crippen molar-refractivity contribution < 1.29 is 5.11 Å². The summed E-state index contributed by atoms with van der Waals surface area (Å²) in [7, 11) is 2.12. The largest absolute Gasteiger partial charge is 0.393 e. The average Bonchev–Trinajstić information content (AvgIpc) is 1.96. The molecule has 0 radical (unpaired) electrons. The molecule has 0 aromatic carbocycles. The SMILES string of the molecule is C[C@@H]1CN(C)CCC[C@H]1O. The molecule has 0 bridgehead atoms. The highest BCUT2D eigenvalue weighted by atomic mass is 16.3. The van der Waals surface area contributed by atoms with Crippen molar-refractivity contribution in [2.24, 2.45) is 5.92 Å². The van der Waals surface area contributed by atoms with Crippen LogP contribution in [-0.4, -0.2) is 36.2 Å². The maximum absolute atomic E-state index is 9.45. The molecule has 1 fully saturated rings. The molecule has 1 saturated heterocycles. The summed E-state index contributed by atoms with van der Waals surface area (Å²) in [6.07, 6.45) is 2.05. The van der Waals surface area contributed by atoms with Crippen molar-refractivity contribution in [1.82, 2.24) is 4.90 Å². The number of hydrogen-bond acceptors (Lipinski definition) is 2. The highest BCUT2D eigenvalue weighted by Gasteiger charge is 2.19. The fourth-order valence-electron chi connectivity index (χ4n) is 1.56. The molecule has 1 heterocycles. The lowest BCUT2D eigenvalue weighted by Crippen LogP contribution is -2.27. The van der Waals surface area contributed by atoms with Crippen molar-refractivity contribution in [2.75, 3.05) is 20.1 Å². The Morgan fingerprint density at radius 3 is 2.90 bits per heavy atom. The standard InChI is InChI=1S/C8H17NO/c1-7-6-9(2)5-3-4-8(7)10/h7-8,10H,3-6H2,1-2H3/t7-,8-/m1/s1. The van der Waals surface area contributed by atoms with Gasteiger partial charge in [0, 0.05) is 6.54 Å². The number of likely N-dealkylation sites (tertiary alicyclic amines) is 1. The van der Waals surface area contributed by atoms with Crippen molar-refractivity contribution in [2.45, 2.75) is 25.9 Å². The van der Waals surface area contributed by atoms with Crippen LogP contribution in [0.1, 0.15) is 19.8 Å². The molecule has 10 heavy (non-hydrogen) atoms.